The highest BCUT2D eigenvalue weighted by molar-refractivity contribution is 7.17. The number of fused-ring (bicyclic) bond motifs is 3. The Morgan fingerprint density at radius 1 is 1.44 bits per heavy atom. The van der Waals surface area contributed by atoms with Crippen LogP contribution in [0.25, 0.3) is 21.0 Å². The molecule has 0 aliphatic heterocycles. The molecule has 4 heteroatoms. The number of aliphatic hydroxyl groups is 1. The lowest BCUT2D eigenvalue weighted by atomic mass is 10.2. The smallest absolute Gasteiger partial charge is 0.0770 e. The molecule has 0 bridgehead atoms. The second-order valence-electron chi connectivity index (χ2n) is 4.01. The summed E-state index contributed by atoms with van der Waals surface area (Å²) in [6.07, 6.45) is 1.48. The third-order valence-corrected chi connectivity index (χ3v) is 3.55. The van der Waals surface area contributed by atoms with Crippen LogP contribution in [0.3, 0.4) is 0 Å². The van der Waals surface area contributed by atoms with Gasteiger partial charge in [0.2, 0.25) is 0 Å². The molecule has 0 fully saturated rings. The summed E-state index contributed by atoms with van der Waals surface area (Å²) in [6, 6.07) is 6.32. The summed E-state index contributed by atoms with van der Waals surface area (Å²) in [5.74, 6) is 0. The average Bonchev–Trinajstić information content (AvgIpc) is 2.82. The van der Waals surface area contributed by atoms with Crippen LogP contribution in [-0.4, -0.2) is 21.0 Å². The molecule has 1 unspecified atom stereocenters. The average molecular weight is 232 g/mol. The molecule has 0 aliphatic carbocycles. The van der Waals surface area contributed by atoms with Crippen molar-refractivity contribution in [3.8, 4) is 0 Å². The van der Waals surface area contributed by atoms with E-state index in [4.69, 9.17) is 0 Å². The van der Waals surface area contributed by atoms with Gasteiger partial charge in [-0.25, -0.2) is 0 Å². The van der Waals surface area contributed by atoms with Gasteiger partial charge in [-0.2, -0.15) is 5.10 Å². The van der Waals surface area contributed by atoms with Gasteiger partial charge in [0, 0.05) is 15.5 Å². The Morgan fingerprint density at radius 2 is 2.31 bits per heavy atom. The van der Waals surface area contributed by atoms with Crippen molar-refractivity contribution >= 4 is 32.3 Å². The maximum Gasteiger partial charge on any atom is 0.0770 e. The van der Waals surface area contributed by atoms with Gasteiger partial charge in [-0.3, -0.25) is 4.68 Å². The quantitative estimate of drug-likeness (QED) is 0.737. The summed E-state index contributed by atoms with van der Waals surface area (Å²) in [5.41, 5.74) is 1.12. The lowest BCUT2D eigenvalue weighted by Crippen LogP contribution is -2.12. The van der Waals surface area contributed by atoms with Gasteiger partial charge in [0.25, 0.3) is 0 Å². The summed E-state index contributed by atoms with van der Waals surface area (Å²) in [6.45, 7) is 2.32. The van der Waals surface area contributed by atoms with Crippen molar-refractivity contribution in [1.82, 2.24) is 9.78 Å². The van der Waals surface area contributed by atoms with Crippen molar-refractivity contribution in [2.24, 2.45) is 0 Å². The number of hydrogen-bond acceptors (Lipinski definition) is 3. The van der Waals surface area contributed by atoms with E-state index in [2.05, 4.69) is 28.7 Å². The Kier molecular flexibility index (Phi) is 2.19. The third kappa shape index (κ3) is 1.42. The monoisotopic (exact) mass is 232 g/mol. The van der Waals surface area contributed by atoms with E-state index in [1.807, 2.05) is 10.9 Å². The molecule has 2 aromatic heterocycles. The minimum absolute atomic E-state index is 0.378. The van der Waals surface area contributed by atoms with Crippen LogP contribution in [0.15, 0.2) is 29.8 Å². The van der Waals surface area contributed by atoms with Crippen molar-refractivity contribution in [3.05, 3.63) is 29.8 Å². The molecule has 0 radical (unpaired) electrons. The molecule has 0 saturated heterocycles. The predicted molar refractivity (Wildman–Crippen MR) is 66.8 cm³/mol. The van der Waals surface area contributed by atoms with E-state index in [0.29, 0.717) is 6.54 Å². The van der Waals surface area contributed by atoms with Crippen LogP contribution in [0.2, 0.25) is 0 Å². The molecule has 1 atom stereocenters. The largest absolute Gasteiger partial charge is 0.391 e. The van der Waals surface area contributed by atoms with Crippen molar-refractivity contribution in [1.29, 1.82) is 0 Å². The maximum absolute atomic E-state index is 9.45. The number of thiophene rings is 1. The predicted octanol–water partition coefficient (Wildman–Crippen LogP) is 2.63. The highest BCUT2D eigenvalue weighted by Crippen LogP contribution is 2.29. The first-order valence-corrected chi connectivity index (χ1v) is 6.13. The second kappa shape index (κ2) is 3.57. The fourth-order valence-corrected chi connectivity index (χ4v) is 2.81. The highest BCUT2D eigenvalue weighted by Gasteiger charge is 2.09. The molecule has 0 aliphatic rings. The SMILES string of the molecule is CC(O)Cn1ncc2ccc3sccc3c21. The summed E-state index contributed by atoms with van der Waals surface area (Å²) in [5, 5.41) is 18.2. The van der Waals surface area contributed by atoms with Crippen LogP contribution in [0.4, 0.5) is 0 Å². The van der Waals surface area contributed by atoms with Crippen LogP contribution >= 0.6 is 11.3 Å². The fourth-order valence-electron chi connectivity index (χ4n) is 2.02. The zero-order valence-corrected chi connectivity index (χ0v) is 9.74. The Balaban J connectivity index is 2.32. The zero-order valence-electron chi connectivity index (χ0n) is 8.92. The second-order valence-corrected chi connectivity index (χ2v) is 4.96. The Bertz CT molecular complexity index is 639. The molecule has 0 saturated carbocycles. The molecule has 3 rings (SSSR count). The van der Waals surface area contributed by atoms with Gasteiger partial charge < -0.3 is 5.11 Å². The number of aromatic nitrogens is 2. The molecule has 1 aromatic carbocycles. The summed E-state index contributed by atoms with van der Waals surface area (Å²) >= 11 is 1.73. The molecule has 0 spiro atoms. The van der Waals surface area contributed by atoms with E-state index in [9.17, 15) is 5.11 Å². The van der Waals surface area contributed by atoms with Crippen molar-refractivity contribution in [3.63, 3.8) is 0 Å². The number of rotatable bonds is 2. The minimum atomic E-state index is -0.378. The Morgan fingerprint density at radius 3 is 3.12 bits per heavy atom. The first-order valence-electron chi connectivity index (χ1n) is 5.25. The normalized spacial score (nSPS) is 13.6. The minimum Gasteiger partial charge on any atom is -0.391 e. The summed E-state index contributed by atoms with van der Waals surface area (Å²) < 4.78 is 3.15. The molecular weight excluding hydrogens is 220 g/mol. The van der Waals surface area contributed by atoms with Gasteiger partial charge >= 0.3 is 0 Å². The molecule has 1 N–H and O–H groups in total. The third-order valence-electron chi connectivity index (χ3n) is 2.67. The molecule has 3 aromatic rings. The van der Waals surface area contributed by atoms with E-state index in [0.717, 1.165) is 10.9 Å². The molecule has 2 heterocycles. The summed E-state index contributed by atoms with van der Waals surface area (Å²) in [7, 11) is 0. The van der Waals surface area contributed by atoms with Crippen LogP contribution in [0.1, 0.15) is 6.92 Å². The van der Waals surface area contributed by atoms with Crippen LogP contribution in [-0.2, 0) is 6.54 Å². The van der Waals surface area contributed by atoms with E-state index >= 15 is 0 Å². The standard InChI is InChI=1S/C12H12N2OS/c1-8(15)7-14-12-9(6-13-14)2-3-11-10(12)4-5-16-11/h2-6,8,15H,7H2,1H3. The number of nitrogens with zero attached hydrogens (tertiary/aromatic N) is 2. The Labute approximate surface area is 96.9 Å². The Hall–Kier alpha value is -1.39. The van der Waals surface area contributed by atoms with Crippen molar-refractivity contribution in [2.45, 2.75) is 19.6 Å². The lowest BCUT2D eigenvalue weighted by molar-refractivity contribution is 0.170. The van der Waals surface area contributed by atoms with Crippen LogP contribution in [0.5, 0.6) is 0 Å². The first-order chi connectivity index (χ1) is 7.75. The molecule has 0 amide bonds. The molecule has 16 heavy (non-hydrogen) atoms. The molecular formula is C12H12N2OS. The van der Waals surface area contributed by atoms with E-state index in [1.54, 1.807) is 18.3 Å². The van der Waals surface area contributed by atoms with Gasteiger partial charge in [-0.05, 0) is 30.5 Å². The summed E-state index contributed by atoms with van der Waals surface area (Å²) in [4.78, 5) is 0. The van der Waals surface area contributed by atoms with Gasteiger partial charge in [-0.15, -0.1) is 11.3 Å². The number of hydrogen-bond donors (Lipinski definition) is 1. The number of aliphatic hydroxyl groups excluding tert-OH is 1. The van der Waals surface area contributed by atoms with Gasteiger partial charge in [0.1, 0.15) is 0 Å². The lowest BCUT2D eigenvalue weighted by Gasteiger charge is -2.06. The van der Waals surface area contributed by atoms with E-state index in [1.165, 1.54) is 10.1 Å². The van der Waals surface area contributed by atoms with Gasteiger partial charge in [0.05, 0.1) is 24.4 Å². The fraction of sp³-hybridized carbons (Fsp3) is 0.250. The molecule has 3 nitrogen and oxygen atoms in total. The van der Waals surface area contributed by atoms with Crippen LogP contribution < -0.4 is 0 Å². The topological polar surface area (TPSA) is 38.0 Å². The van der Waals surface area contributed by atoms with Gasteiger partial charge in [-0.1, -0.05) is 0 Å². The van der Waals surface area contributed by atoms with E-state index < -0.39 is 0 Å². The zero-order chi connectivity index (χ0) is 11.1. The first kappa shape index (κ1) is 9.81. The molecule has 82 valence electrons. The van der Waals surface area contributed by atoms with Crippen molar-refractivity contribution < 1.29 is 5.11 Å². The van der Waals surface area contributed by atoms with Crippen molar-refractivity contribution in [2.75, 3.05) is 0 Å². The maximum atomic E-state index is 9.45. The van der Waals surface area contributed by atoms with E-state index in [-0.39, 0.29) is 6.10 Å². The van der Waals surface area contributed by atoms with Gasteiger partial charge in [0.15, 0.2) is 0 Å². The van der Waals surface area contributed by atoms with Crippen LogP contribution in [0, 0.1) is 0 Å². The highest BCUT2D eigenvalue weighted by atomic mass is 32.1. The number of benzene rings is 1.